The van der Waals surface area contributed by atoms with Crippen molar-refractivity contribution < 1.29 is 8.78 Å². The quantitative estimate of drug-likeness (QED) is 0.665. The zero-order valence-corrected chi connectivity index (χ0v) is 7.40. The molecule has 0 bridgehead atoms. The van der Waals surface area contributed by atoms with Gasteiger partial charge in [0.05, 0.1) is 0 Å². The van der Waals surface area contributed by atoms with Crippen LogP contribution in [-0.4, -0.2) is 4.98 Å². The normalized spacial score (nSPS) is 10.6. The van der Waals surface area contributed by atoms with E-state index < -0.39 is 6.43 Å². The summed E-state index contributed by atoms with van der Waals surface area (Å²) in [5.41, 5.74) is 0.536. The zero-order chi connectivity index (χ0) is 8.43. The molecule has 4 heteroatoms. The summed E-state index contributed by atoms with van der Waals surface area (Å²) in [6, 6.07) is 1.32. The lowest BCUT2D eigenvalue weighted by atomic mass is 10.2. The lowest BCUT2D eigenvalue weighted by molar-refractivity contribution is 0.150. The summed E-state index contributed by atoms with van der Waals surface area (Å²) in [6.45, 7) is 1.61. The highest BCUT2D eigenvalue weighted by Gasteiger charge is 2.11. The van der Waals surface area contributed by atoms with Gasteiger partial charge >= 0.3 is 0 Å². The molecule has 60 valence electrons. The van der Waals surface area contributed by atoms with Gasteiger partial charge < -0.3 is 0 Å². The third-order valence-corrected chi connectivity index (χ3v) is 2.22. The third-order valence-electron chi connectivity index (χ3n) is 1.42. The van der Waals surface area contributed by atoms with Gasteiger partial charge in [0, 0.05) is 11.8 Å². The van der Waals surface area contributed by atoms with Crippen molar-refractivity contribution >= 4 is 15.9 Å². The minimum absolute atomic E-state index is 0.0341. The third kappa shape index (κ3) is 1.74. The van der Waals surface area contributed by atoms with Gasteiger partial charge in [0.1, 0.15) is 4.60 Å². The molecule has 0 aliphatic rings. The maximum Gasteiger partial charge on any atom is 0.264 e. The SMILES string of the molecule is Cc1c(C(F)F)ccnc1Br. The predicted molar refractivity (Wildman–Crippen MR) is 41.6 cm³/mol. The highest BCUT2D eigenvalue weighted by atomic mass is 79.9. The van der Waals surface area contributed by atoms with Crippen molar-refractivity contribution in [2.45, 2.75) is 13.3 Å². The van der Waals surface area contributed by atoms with Crippen LogP contribution in [0, 0.1) is 6.92 Å². The van der Waals surface area contributed by atoms with Crippen molar-refractivity contribution in [3.63, 3.8) is 0 Å². The molecule has 0 aliphatic heterocycles. The first-order valence-electron chi connectivity index (χ1n) is 3.02. The summed E-state index contributed by atoms with van der Waals surface area (Å²) in [6.07, 6.45) is -1.06. The van der Waals surface area contributed by atoms with E-state index in [0.29, 0.717) is 10.2 Å². The highest BCUT2D eigenvalue weighted by Crippen LogP contribution is 2.25. The van der Waals surface area contributed by atoms with Crippen LogP contribution in [0.1, 0.15) is 17.6 Å². The molecule has 0 saturated heterocycles. The van der Waals surface area contributed by atoms with E-state index in [-0.39, 0.29) is 5.56 Å². The number of nitrogens with zero attached hydrogens (tertiary/aromatic N) is 1. The minimum Gasteiger partial charge on any atom is -0.249 e. The van der Waals surface area contributed by atoms with Crippen molar-refractivity contribution in [3.8, 4) is 0 Å². The molecular formula is C7H6BrF2N. The Morgan fingerprint density at radius 3 is 2.64 bits per heavy atom. The predicted octanol–water partition coefficient (Wildman–Crippen LogP) is 3.09. The smallest absolute Gasteiger partial charge is 0.249 e. The van der Waals surface area contributed by atoms with Crippen LogP contribution in [0.3, 0.4) is 0 Å². The van der Waals surface area contributed by atoms with Gasteiger partial charge in [-0.3, -0.25) is 0 Å². The second-order valence-corrected chi connectivity index (χ2v) is 2.87. The summed E-state index contributed by atoms with van der Waals surface area (Å²) >= 11 is 3.07. The Balaban J connectivity index is 3.17. The molecule has 1 nitrogen and oxygen atoms in total. The van der Waals surface area contributed by atoms with Crippen molar-refractivity contribution in [1.82, 2.24) is 4.98 Å². The second-order valence-electron chi connectivity index (χ2n) is 2.12. The van der Waals surface area contributed by atoms with E-state index in [9.17, 15) is 8.78 Å². The molecule has 1 aromatic rings. The first-order chi connectivity index (χ1) is 5.13. The molecule has 0 fully saturated rings. The van der Waals surface area contributed by atoms with Gasteiger partial charge in [0.2, 0.25) is 0 Å². The van der Waals surface area contributed by atoms with Gasteiger partial charge in [-0.05, 0) is 34.5 Å². The first kappa shape index (κ1) is 8.59. The Hall–Kier alpha value is -0.510. The van der Waals surface area contributed by atoms with Crippen LogP contribution in [0.15, 0.2) is 16.9 Å². The number of alkyl halides is 2. The van der Waals surface area contributed by atoms with E-state index in [4.69, 9.17) is 0 Å². The van der Waals surface area contributed by atoms with Crippen molar-refractivity contribution in [1.29, 1.82) is 0 Å². The minimum atomic E-state index is -2.42. The van der Waals surface area contributed by atoms with E-state index in [2.05, 4.69) is 20.9 Å². The van der Waals surface area contributed by atoms with Crippen LogP contribution in [0.5, 0.6) is 0 Å². The summed E-state index contributed by atoms with van der Waals surface area (Å²) in [7, 11) is 0. The average molecular weight is 222 g/mol. The summed E-state index contributed by atoms with van der Waals surface area (Å²) in [5, 5.41) is 0. The molecule has 0 aromatic carbocycles. The Labute approximate surface area is 71.6 Å². The van der Waals surface area contributed by atoms with Crippen molar-refractivity contribution in [2.24, 2.45) is 0 Å². The Morgan fingerprint density at radius 1 is 1.55 bits per heavy atom. The maximum atomic E-state index is 12.2. The fourth-order valence-corrected chi connectivity index (χ4v) is 1.11. The van der Waals surface area contributed by atoms with Crippen LogP contribution in [0.25, 0.3) is 0 Å². The van der Waals surface area contributed by atoms with Gasteiger partial charge in [0.25, 0.3) is 6.43 Å². The molecule has 0 spiro atoms. The molecule has 0 unspecified atom stereocenters. The van der Waals surface area contributed by atoms with Gasteiger partial charge in [-0.2, -0.15) is 0 Å². The monoisotopic (exact) mass is 221 g/mol. The Bertz CT molecular complexity index is 263. The van der Waals surface area contributed by atoms with Crippen LogP contribution in [0.4, 0.5) is 8.78 Å². The lowest BCUT2D eigenvalue weighted by Gasteiger charge is -2.03. The molecule has 1 rings (SSSR count). The maximum absolute atomic E-state index is 12.2. The Morgan fingerprint density at radius 2 is 2.18 bits per heavy atom. The van der Waals surface area contributed by atoms with Gasteiger partial charge in [-0.25, -0.2) is 13.8 Å². The first-order valence-corrected chi connectivity index (χ1v) is 3.81. The van der Waals surface area contributed by atoms with Crippen molar-refractivity contribution in [2.75, 3.05) is 0 Å². The van der Waals surface area contributed by atoms with E-state index in [1.807, 2.05) is 0 Å². The number of halogens is 3. The van der Waals surface area contributed by atoms with Crippen LogP contribution >= 0.6 is 15.9 Å². The second kappa shape index (κ2) is 3.26. The fraction of sp³-hybridized carbons (Fsp3) is 0.286. The van der Waals surface area contributed by atoms with E-state index >= 15 is 0 Å². The molecule has 0 amide bonds. The molecule has 0 aliphatic carbocycles. The summed E-state index contributed by atoms with van der Waals surface area (Å²) in [4.78, 5) is 3.81. The van der Waals surface area contributed by atoms with Crippen LogP contribution < -0.4 is 0 Å². The van der Waals surface area contributed by atoms with Gasteiger partial charge in [-0.1, -0.05) is 0 Å². The topological polar surface area (TPSA) is 12.9 Å². The number of hydrogen-bond acceptors (Lipinski definition) is 1. The van der Waals surface area contributed by atoms with Crippen molar-refractivity contribution in [3.05, 3.63) is 28.0 Å². The van der Waals surface area contributed by atoms with Crippen LogP contribution in [0.2, 0.25) is 0 Å². The number of aromatic nitrogens is 1. The molecule has 11 heavy (non-hydrogen) atoms. The van der Waals surface area contributed by atoms with Gasteiger partial charge in [-0.15, -0.1) is 0 Å². The van der Waals surface area contributed by atoms with Gasteiger partial charge in [0.15, 0.2) is 0 Å². The van der Waals surface area contributed by atoms with E-state index in [1.54, 1.807) is 6.92 Å². The lowest BCUT2D eigenvalue weighted by Crippen LogP contribution is -1.91. The average Bonchev–Trinajstić information content (AvgIpc) is 1.94. The molecular weight excluding hydrogens is 216 g/mol. The number of rotatable bonds is 1. The van der Waals surface area contributed by atoms with E-state index in [0.717, 1.165) is 0 Å². The molecule has 0 radical (unpaired) electrons. The fourth-order valence-electron chi connectivity index (χ4n) is 0.760. The summed E-state index contributed by atoms with van der Waals surface area (Å²) in [5.74, 6) is 0. The molecule has 0 N–H and O–H groups in total. The number of hydrogen-bond donors (Lipinski definition) is 0. The molecule has 0 saturated carbocycles. The van der Waals surface area contributed by atoms with E-state index in [1.165, 1.54) is 12.3 Å². The molecule has 1 aromatic heterocycles. The standard InChI is InChI=1S/C7H6BrF2N/c1-4-5(7(9)10)2-3-11-6(4)8/h2-3,7H,1H3. The number of pyridine rings is 1. The summed E-state index contributed by atoms with van der Waals surface area (Å²) < 4.78 is 24.8. The van der Waals surface area contributed by atoms with Crippen LogP contribution in [-0.2, 0) is 0 Å². The Kier molecular flexibility index (Phi) is 2.54. The largest absolute Gasteiger partial charge is 0.264 e. The molecule has 0 atom stereocenters. The highest BCUT2D eigenvalue weighted by molar-refractivity contribution is 9.10. The zero-order valence-electron chi connectivity index (χ0n) is 5.81. The molecule has 1 heterocycles.